The van der Waals surface area contributed by atoms with Crippen LogP contribution in [0.25, 0.3) is 0 Å². The average molecular weight is 214 g/mol. The molecule has 1 heterocycles. The molecule has 0 aliphatic rings. The lowest BCUT2D eigenvalue weighted by Crippen LogP contribution is -1.98. The van der Waals surface area contributed by atoms with E-state index in [0.29, 0.717) is 19.0 Å². The number of ether oxygens (including phenoxy) is 2. The van der Waals surface area contributed by atoms with E-state index in [9.17, 15) is 4.79 Å². The fraction of sp³-hybridized carbons (Fsp3) is 0.500. The van der Waals surface area contributed by atoms with E-state index in [1.807, 2.05) is 0 Å². The molecule has 0 spiro atoms. The maximum atomic E-state index is 10.5. The summed E-state index contributed by atoms with van der Waals surface area (Å²) in [5.41, 5.74) is 0.144. The number of furan rings is 1. The van der Waals surface area contributed by atoms with E-state index < -0.39 is 5.97 Å². The van der Waals surface area contributed by atoms with Crippen molar-refractivity contribution in [3.63, 3.8) is 0 Å². The van der Waals surface area contributed by atoms with Gasteiger partial charge in [0, 0.05) is 20.3 Å². The molecule has 0 radical (unpaired) electrons. The summed E-state index contributed by atoms with van der Waals surface area (Å²) in [4.78, 5) is 10.5. The third-order valence-electron chi connectivity index (χ3n) is 1.78. The van der Waals surface area contributed by atoms with Crippen LogP contribution in [0.15, 0.2) is 16.7 Å². The molecule has 0 aliphatic carbocycles. The summed E-state index contributed by atoms with van der Waals surface area (Å²) in [6.07, 6.45) is 2.01. The molecule has 84 valence electrons. The van der Waals surface area contributed by atoms with E-state index in [1.165, 1.54) is 12.3 Å². The van der Waals surface area contributed by atoms with Gasteiger partial charge in [0.25, 0.3) is 0 Å². The Kier molecular flexibility index (Phi) is 4.86. The lowest BCUT2D eigenvalue weighted by Gasteiger charge is -2.00. The van der Waals surface area contributed by atoms with Crippen molar-refractivity contribution in [2.75, 3.05) is 20.3 Å². The molecule has 5 heteroatoms. The molecular formula is C10H14O5. The normalized spacial score (nSPS) is 10.5. The third-order valence-corrected chi connectivity index (χ3v) is 1.78. The quantitative estimate of drug-likeness (QED) is 0.697. The molecule has 1 rings (SSSR count). The number of aromatic carboxylic acids is 1. The Morgan fingerprint density at radius 1 is 1.53 bits per heavy atom. The van der Waals surface area contributed by atoms with Gasteiger partial charge in [-0.15, -0.1) is 0 Å². The van der Waals surface area contributed by atoms with Gasteiger partial charge in [0.15, 0.2) is 0 Å². The Morgan fingerprint density at radius 3 is 2.93 bits per heavy atom. The predicted octanol–water partition coefficient (Wildman–Crippen LogP) is 1.53. The van der Waals surface area contributed by atoms with Crippen molar-refractivity contribution in [1.82, 2.24) is 0 Å². The fourth-order valence-electron chi connectivity index (χ4n) is 1.05. The van der Waals surface area contributed by atoms with Crippen LogP contribution in [0, 0.1) is 0 Å². The van der Waals surface area contributed by atoms with E-state index in [-0.39, 0.29) is 12.2 Å². The predicted molar refractivity (Wildman–Crippen MR) is 51.8 cm³/mol. The second kappa shape index (κ2) is 6.21. The first-order valence-electron chi connectivity index (χ1n) is 4.61. The van der Waals surface area contributed by atoms with Gasteiger partial charge in [-0.05, 0) is 12.5 Å². The Morgan fingerprint density at radius 2 is 2.33 bits per heavy atom. The van der Waals surface area contributed by atoms with Gasteiger partial charge >= 0.3 is 5.97 Å². The highest BCUT2D eigenvalue weighted by molar-refractivity contribution is 5.87. The van der Waals surface area contributed by atoms with Crippen LogP contribution in [-0.4, -0.2) is 31.4 Å². The zero-order chi connectivity index (χ0) is 11.1. The molecule has 5 nitrogen and oxygen atoms in total. The number of hydrogen-bond acceptors (Lipinski definition) is 4. The van der Waals surface area contributed by atoms with E-state index >= 15 is 0 Å². The number of carboxylic acid groups (broad SMARTS) is 1. The molecule has 0 atom stereocenters. The summed E-state index contributed by atoms with van der Waals surface area (Å²) in [7, 11) is 1.63. The zero-order valence-electron chi connectivity index (χ0n) is 8.56. The summed E-state index contributed by atoms with van der Waals surface area (Å²) in [5, 5.41) is 8.62. The van der Waals surface area contributed by atoms with Crippen LogP contribution in [0.2, 0.25) is 0 Å². The van der Waals surface area contributed by atoms with Gasteiger partial charge in [-0.2, -0.15) is 0 Å². The molecule has 0 bridgehead atoms. The summed E-state index contributed by atoms with van der Waals surface area (Å²) >= 11 is 0. The van der Waals surface area contributed by atoms with Gasteiger partial charge in [0.2, 0.25) is 0 Å². The van der Waals surface area contributed by atoms with Crippen molar-refractivity contribution in [3.8, 4) is 0 Å². The van der Waals surface area contributed by atoms with Gasteiger partial charge in [0.1, 0.15) is 18.6 Å². The second-order valence-electron chi connectivity index (χ2n) is 3.01. The van der Waals surface area contributed by atoms with Crippen molar-refractivity contribution >= 4 is 5.97 Å². The molecule has 0 saturated heterocycles. The molecule has 0 unspecified atom stereocenters. The molecule has 0 saturated carbocycles. The second-order valence-corrected chi connectivity index (χ2v) is 3.01. The van der Waals surface area contributed by atoms with Gasteiger partial charge in [-0.25, -0.2) is 4.79 Å². The first kappa shape index (κ1) is 11.7. The maximum absolute atomic E-state index is 10.5. The van der Waals surface area contributed by atoms with E-state index in [1.54, 1.807) is 7.11 Å². The minimum absolute atomic E-state index is 0.144. The van der Waals surface area contributed by atoms with Crippen molar-refractivity contribution in [1.29, 1.82) is 0 Å². The average Bonchev–Trinajstić information content (AvgIpc) is 2.66. The molecule has 0 amide bonds. The molecule has 1 aromatic heterocycles. The Hall–Kier alpha value is -1.33. The first-order chi connectivity index (χ1) is 7.24. The highest BCUT2D eigenvalue weighted by Gasteiger charge is 2.07. The van der Waals surface area contributed by atoms with Crippen LogP contribution in [-0.2, 0) is 16.1 Å². The van der Waals surface area contributed by atoms with Crippen molar-refractivity contribution in [2.24, 2.45) is 0 Å². The molecule has 0 fully saturated rings. The standard InChI is InChI=1S/C10H14O5/c1-13-3-2-4-14-7-9-5-8(6-15-9)10(11)12/h5-6H,2-4,7H2,1H3,(H,11,12). The van der Waals surface area contributed by atoms with Crippen molar-refractivity contribution in [3.05, 3.63) is 23.7 Å². The number of hydrogen-bond donors (Lipinski definition) is 1. The summed E-state index contributed by atoms with van der Waals surface area (Å²) in [6.45, 7) is 1.51. The van der Waals surface area contributed by atoms with Crippen LogP contribution in [0.1, 0.15) is 22.5 Å². The molecular weight excluding hydrogens is 200 g/mol. The Labute approximate surface area is 87.6 Å². The largest absolute Gasteiger partial charge is 0.478 e. The summed E-state index contributed by atoms with van der Waals surface area (Å²) in [5.74, 6) is -0.478. The molecule has 0 aromatic carbocycles. The highest BCUT2D eigenvalue weighted by atomic mass is 16.5. The summed E-state index contributed by atoms with van der Waals surface area (Å²) in [6, 6.07) is 1.46. The molecule has 0 aliphatic heterocycles. The Balaban J connectivity index is 2.23. The SMILES string of the molecule is COCCCOCc1cc(C(=O)O)co1. The smallest absolute Gasteiger partial charge is 0.338 e. The van der Waals surface area contributed by atoms with Gasteiger partial charge < -0.3 is 19.0 Å². The highest BCUT2D eigenvalue weighted by Crippen LogP contribution is 2.08. The molecule has 1 N–H and O–H groups in total. The number of carbonyl (C=O) groups is 1. The first-order valence-corrected chi connectivity index (χ1v) is 4.61. The zero-order valence-corrected chi connectivity index (χ0v) is 8.56. The number of rotatable bonds is 7. The summed E-state index contributed by atoms with van der Waals surface area (Å²) < 4.78 is 15.1. The van der Waals surface area contributed by atoms with Crippen LogP contribution >= 0.6 is 0 Å². The topological polar surface area (TPSA) is 68.9 Å². The van der Waals surface area contributed by atoms with E-state index in [0.717, 1.165) is 6.42 Å². The third kappa shape index (κ3) is 4.14. The minimum atomic E-state index is -0.996. The number of methoxy groups -OCH3 is 1. The lowest BCUT2D eigenvalue weighted by molar-refractivity contribution is 0.0696. The van der Waals surface area contributed by atoms with Crippen molar-refractivity contribution in [2.45, 2.75) is 13.0 Å². The monoisotopic (exact) mass is 214 g/mol. The Bertz CT molecular complexity index is 305. The van der Waals surface area contributed by atoms with Gasteiger partial charge in [-0.1, -0.05) is 0 Å². The fourth-order valence-corrected chi connectivity index (χ4v) is 1.05. The van der Waals surface area contributed by atoms with Crippen LogP contribution in [0.4, 0.5) is 0 Å². The van der Waals surface area contributed by atoms with E-state index in [4.69, 9.17) is 19.0 Å². The molecule has 1 aromatic rings. The molecule has 15 heavy (non-hydrogen) atoms. The number of carboxylic acids is 1. The van der Waals surface area contributed by atoms with Crippen molar-refractivity contribution < 1.29 is 23.8 Å². The van der Waals surface area contributed by atoms with Crippen LogP contribution in [0.3, 0.4) is 0 Å². The van der Waals surface area contributed by atoms with Gasteiger partial charge in [0.05, 0.1) is 5.56 Å². The van der Waals surface area contributed by atoms with Crippen LogP contribution < -0.4 is 0 Å². The van der Waals surface area contributed by atoms with Crippen LogP contribution in [0.5, 0.6) is 0 Å². The maximum Gasteiger partial charge on any atom is 0.338 e. The lowest BCUT2D eigenvalue weighted by atomic mass is 10.3. The van der Waals surface area contributed by atoms with Gasteiger partial charge in [-0.3, -0.25) is 0 Å². The minimum Gasteiger partial charge on any atom is -0.478 e. The van der Waals surface area contributed by atoms with E-state index in [2.05, 4.69) is 0 Å².